The molecule has 30 heavy (non-hydrogen) atoms. The van der Waals surface area contributed by atoms with Crippen LogP contribution in [0, 0.1) is 6.92 Å². The molecule has 7 nitrogen and oxygen atoms in total. The number of aryl methyl sites for hydroxylation is 1. The molecule has 0 spiro atoms. The molecule has 2 aromatic carbocycles. The summed E-state index contributed by atoms with van der Waals surface area (Å²) in [6.07, 6.45) is 1.77. The fourth-order valence-electron chi connectivity index (χ4n) is 3.72. The van der Waals surface area contributed by atoms with E-state index in [4.69, 9.17) is 9.73 Å². The number of guanidine groups is 1. The largest absolute Gasteiger partial charge is 0.370 e. The molecule has 2 heterocycles. The SMILES string of the molecule is CCNC(=NCc1nncn1-c1ccccc1)N1CCOC(c2ccccc2C)C1. The fraction of sp³-hybridized carbons (Fsp3) is 0.348. The van der Waals surface area contributed by atoms with Gasteiger partial charge in [0, 0.05) is 18.8 Å². The van der Waals surface area contributed by atoms with Crippen LogP contribution in [0.15, 0.2) is 65.9 Å². The number of ether oxygens (including phenoxy) is 1. The molecule has 0 radical (unpaired) electrons. The Morgan fingerprint density at radius 2 is 1.97 bits per heavy atom. The number of hydrogen-bond acceptors (Lipinski definition) is 4. The van der Waals surface area contributed by atoms with E-state index in [1.165, 1.54) is 11.1 Å². The van der Waals surface area contributed by atoms with Crippen molar-refractivity contribution in [2.75, 3.05) is 26.2 Å². The second-order valence-corrected chi connectivity index (χ2v) is 7.28. The van der Waals surface area contributed by atoms with Crippen molar-refractivity contribution in [3.63, 3.8) is 0 Å². The predicted octanol–water partition coefficient (Wildman–Crippen LogP) is 3.11. The summed E-state index contributed by atoms with van der Waals surface area (Å²) in [5.41, 5.74) is 3.52. The number of benzene rings is 2. The molecule has 0 amide bonds. The molecule has 1 aliphatic heterocycles. The normalized spacial score (nSPS) is 17.2. The number of nitrogens with zero attached hydrogens (tertiary/aromatic N) is 5. The Bertz CT molecular complexity index is 984. The van der Waals surface area contributed by atoms with E-state index in [2.05, 4.69) is 58.5 Å². The first kappa shape index (κ1) is 20.1. The number of aliphatic imine (C=N–C) groups is 1. The Morgan fingerprint density at radius 1 is 1.17 bits per heavy atom. The molecule has 1 saturated heterocycles. The van der Waals surface area contributed by atoms with E-state index in [0.717, 1.165) is 37.1 Å². The van der Waals surface area contributed by atoms with Crippen molar-refractivity contribution in [1.29, 1.82) is 0 Å². The van der Waals surface area contributed by atoms with Crippen LogP contribution >= 0.6 is 0 Å². The zero-order valence-corrected chi connectivity index (χ0v) is 17.5. The summed E-state index contributed by atoms with van der Waals surface area (Å²) in [7, 11) is 0. The van der Waals surface area contributed by atoms with Crippen LogP contribution in [0.1, 0.15) is 30.0 Å². The second kappa shape index (κ2) is 9.54. The molecule has 1 fully saturated rings. The summed E-state index contributed by atoms with van der Waals surface area (Å²) in [5.74, 6) is 1.68. The molecule has 156 valence electrons. The fourth-order valence-corrected chi connectivity index (χ4v) is 3.72. The van der Waals surface area contributed by atoms with Gasteiger partial charge in [-0.05, 0) is 37.1 Å². The number of nitrogens with one attached hydrogen (secondary N) is 1. The summed E-state index contributed by atoms with van der Waals surface area (Å²) in [5, 5.41) is 11.8. The first-order valence-electron chi connectivity index (χ1n) is 10.4. The van der Waals surface area contributed by atoms with Crippen LogP contribution in [0.25, 0.3) is 5.69 Å². The van der Waals surface area contributed by atoms with Gasteiger partial charge in [0.05, 0.1) is 13.2 Å². The Kier molecular flexibility index (Phi) is 6.39. The first-order valence-corrected chi connectivity index (χ1v) is 10.4. The Hall–Kier alpha value is -3.19. The van der Waals surface area contributed by atoms with Gasteiger partial charge in [0.1, 0.15) is 19.0 Å². The van der Waals surface area contributed by atoms with Gasteiger partial charge in [-0.1, -0.05) is 42.5 Å². The van der Waals surface area contributed by atoms with Crippen LogP contribution in [0.2, 0.25) is 0 Å². The topological polar surface area (TPSA) is 67.6 Å². The van der Waals surface area contributed by atoms with Crippen LogP contribution in [-0.2, 0) is 11.3 Å². The van der Waals surface area contributed by atoms with Gasteiger partial charge in [0.25, 0.3) is 0 Å². The highest BCUT2D eigenvalue weighted by atomic mass is 16.5. The number of morpholine rings is 1. The third-order valence-corrected chi connectivity index (χ3v) is 5.26. The Morgan fingerprint density at radius 3 is 2.77 bits per heavy atom. The van der Waals surface area contributed by atoms with Crippen molar-refractivity contribution < 1.29 is 4.74 Å². The highest BCUT2D eigenvalue weighted by Crippen LogP contribution is 2.25. The molecule has 1 aromatic heterocycles. The summed E-state index contributed by atoms with van der Waals surface area (Å²) in [6.45, 7) is 7.71. The lowest BCUT2D eigenvalue weighted by Gasteiger charge is -2.35. The number of hydrogen-bond donors (Lipinski definition) is 1. The molecule has 0 saturated carbocycles. The highest BCUT2D eigenvalue weighted by Gasteiger charge is 2.25. The van der Waals surface area contributed by atoms with Crippen LogP contribution < -0.4 is 5.32 Å². The Labute approximate surface area is 177 Å². The second-order valence-electron chi connectivity index (χ2n) is 7.28. The molecule has 1 N–H and O–H groups in total. The maximum atomic E-state index is 6.08. The van der Waals surface area contributed by atoms with Crippen molar-refractivity contribution in [3.05, 3.63) is 77.9 Å². The summed E-state index contributed by atoms with van der Waals surface area (Å²) >= 11 is 0. The molecule has 1 atom stereocenters. The van der Waals surface area contributed by atoms with E-state index in [-0.39, 0.29) is 6.10 Å². The Balaban J connectivity index is 1.52. The molecule has 1 unspecified atom stereocenters. The lowest BCUT2D eigenvalue weighted by atomic mass is 10.0. The van der Waals surface area contributed by atoms with E-state index in [0.29, 0.717) is 13.2 Å². The van der Waals surface area contributed by atoms with Gasteiger partial charge in [-0.25, -0.2) is 4.99 Å². The molecule has 1 aliphatic rings. The smallest absolute Gasteiger partial charge is 0.194 e. The van der Waals surface area contributed by atoms with Gasteiger partial charge in [0.2, 0.25) is 0 Å². The van der Waals surface area contributed by atoms with Gasteiger partial charge in [0.15, 0.2) is 11.8 Å². The molecule has 7 heteroatoms. The monoisotopic (exact) mass is 404 g/mol. The van der Waals surface area contributed by atoms with Crippen LogP contribution in [0.4, 0.5) is 0 Å². The lowest BCUT2D eigenvalue weighted by molar-refractivity contribution is -0.00834. The van der Waals surface area contributed by atoms with Crippen molar-refractivity contribution in [2.45, 2.75) is 26.5 Å². The first-order chi connectivity index (χ1) is 14.8. The number of rotatable bonds is 5. The van der Waals surface area contributed by atoms with Gasteiger partial charge in [-0.15, -0.1) is 10.2 Å². The minimum Gasteiger partial charge on any atom is -0.370 e. The van der Waals surface area contributed by atoms with Crippen LogP contribution in [0.5, 0.6) is 0 Å². The summed E-state index contributed by atoms with van der Waals surface area (Å²) in [6, 6.07) is 18.5. The van der Waals surface area contributed by atoms with Gasteiger partial charge < -0.3 is 15.0 Å². The molecule has 4 rings (SSSR count). The van der Waals surface area contributed by atoms with Gasteiger partial charge in [-0.3, -0.25) is 4.57 Å². The minimum absolute atomic E-state index is 0.0387. The van der Waals surface area contributed by atoms with Crippen LogP contribution in [0.3, 0.4) is 0 Å². The van der Waals surface area contributed by atoms with Gasteiger partial charge >= 0.3 is 0 Å². The number of aromatic nitrogens is 3. The lowest BCUT2D eigenvalue weighted by Crippen LogP contribution is -2.48. The predicted molar refractivity (Wildman–Crippen MR) is 118 cm³/mol. The third kappa shape index (κ3) is 4.52. The van der Waals surface area contributed by atoms with Crippen molar-refractivity contribution in [3.8, 4) is 5.69 Å². The molecule has 0 bridgehead atoms. The molecule has 0 aliphatic carbocycles. The van der Waals surface area contributed by atoms with Crippen molar-refractivity contribution in [1.82, 2.24) is 25.0 Å². The van der Waals surface area contributed by atoms with Gasteiger partial charge in [-0.2, -0.15) is 0 Å². The molecular formula is C23H28N6O. The summed E-state index contributed by atoms with van der Waals surface area (Å²) in [4.78, 5) is 7.14. The number of para-hydroxylation sites is 1. The van der Waals surface area contributed by atoms with Crippen molar-refractivity contribution in [2.24, 2.45) is 4.99 Å². The van der Waals surface area contributed by atoms with E-state index < -0.39 is 0 Å². The standard InChI is InChI=1S/C23H28N6O/c1-3-24-23(25-15-22-27-26-17-29(22)19-10-5-4-6-11-19)28-13-14-30-21(16-28)20-12-8-7-9-18(20)2/h4-12,17,21H,3,13-16H2,1-2H3,(H,24,25). The molecular weight excluding hydrogens is 376 g/mol. The van der Waals surface area contributed by atoms with Crippen molar-refractivity contribution >= 4 is 5.96 Å². The highest BCUT2D eigenvalue weighted by molar-refractivity contribution is 5.80. The maximum Gasteiger partial charge on any atom is 0.194 e. The van der Waals surface area contributed by atoms with Crippen LogP contribution in [-0.4, -0.2) is 51.9 Å². The zero-order chi connectivity index (χ0) is 20.8. The van der Waals surface area contributed by atoms with E-state index in [1.807, 2.05) is 34.9 Å². The quantitative estimate of drug-likeness (QED) is 0.523. The third-order valence-electron chi connectivity index (χ3n) is 5.26. The zero-order valence-electron chi connectivity index (χ0n) is 17.5. The minimum atomic E-state index is 0.0387. The van der Waals surface area contributed by atoms with E-state index in [1.54, 1.807) is 6.33 Å². The average Bonchev–Trinajstić information content (AvgIpc) is 3.26. The summed E-state index contributed by atoms with van der Waals surface area (Å²) < 4.78 is 8.05. The molecule has 3 aromatic rings. The maximum absolute atomic E-state index is 6.08. The van der Waals surface area contributed by atoms with E-state index >= 15 is 0 Å². The average molecular weight is 405 g/mol. The van der Waals surface area contributed by atoms with E-state index in [9.17, 15) is 0 Å².